The highest BCUT2D eigenvalue weighted by atomic mass is 16.4. The highest BCUT2D eigenvalue weighted by molar-refractivity contribution is 5.98. The Kier molecular flexibility index (Phi) is 4.15. The second-order valence-electron chi connectivity index (χ2n) is 5.69. The zero-order valence-electron chi connectivity index (χ0n) is 13.4. The van der Waals surface area contributed by atoms with Crippen LogP contribution in [0.3, 0.4) is 0 Å². The van der Waals surface area contributed by atoms with E-state index in [1.807, 2.05) is 20.0 Å². The molecule has 126 valence electrons. The minimum atomic E-state index is -1.14. The van der Waals surface area contributed by atoms with Crippen LogP contribution in [0.25, 0.3) is 0 Å². The molecule has 2 N–H and O–H groups in total. The molecular weight excluding hydrogens is 312 g/mol. The number of piperidine rings is 1. The fourth-order valence-corrected chi connectivity index (χ4v) is 2.78. The second kappa shape index (κ2) is 6.26. The number of aryl methyl sites for hydroxylation is 2. The molecule has 0 spiro atoms. The number of rotatable bonds is 4. The van der Waals surface area contributed by atoms with Gasteiger partial charge in [0, 0.05) is 19.7 Å². The maximum absolute atomic E-state index is 12.7. The van der Waals surface area contributed by atoms with E-state index in [9.17, 15) is 9.59 Å². The summed E-state index contributed by atoms with van der Waals surface area (Å²) >= 11 is 0. The monoisotopic (exact) mass is 330 g/mol. The average Bonchev–Trinajstić information content (AvgIpc) is 2.88. The van der Waals surface area contributed by atoms with Gasteiger partial charge in [-0.15, -0.1) is 0 Å². The molecule has 0 aromatic carbocycles. The van der Waals surface area contributed by atoms with Crippen molar-refractivity contribution in [2.75, 3.05) is 16.8 Å². The molecule has 0 aliphatic carbocycles. The summed E-state index contributed by atoms with van der Waals surface area (Å²) in [5.74, 6) is -0.0633. The van der Waals surface area contributed by atoms with E-state index in [1.165, 1.54) is 12.4 Å². The van der Waals surface area contributed by atoms with Crippen molar-refractivity contribution >= 4 is 23.5 Å². The predicted octanol–water partition coefficient (Wildman–Crippen LogP) is 0.824. The van der Waals surface area contributed by atoms with Gasteiger partial charge in [-0.2, -0.15) is 5.10 Å². The summed E-state index contributed by atoms with van der Waals surface area (Å²) in [4.78, 5) is 33.1. The Labute approximate surface area is 138 Å². The number of carbonyl (C=O) groups excluding carboxylic acids is 1. The fourth-order valence-electron chi connectivity index (χ4n) is 2.78. The lowest BCUT2D eigenvalue weighted by molar-refractivity contribution is -0.120. The molecule has 1 saturated heterocycles. The zero-order chi connectivity index (χ0) is 17.3. The van der Waals surface area contributed by atoms with Gasteiger partial charge in [0.2, 0.25) is 0 Å². The molecule has 1 fully saturated rings. The first-order valence-corrected chi connectivity index (χ1v) is 7.59. The first-order chi connectivity index (χ1) is 11.5. The van der Waals surface area contributed by atoms with E-state index in [1.54, 1.807) is 9.58 Å². The number of carboxylic acid groups (broad SMARTS) is 1. The quantitative estimate of drug-likeness (QED) is 0.853. The summed E-state index contributed by atoms with van der Waals surface area (Å²) < 4.78 is 1.69. The van der Waals surface area contributed by atoms with Gasteiger partial charge in [-0.3, -0.25) is 14.4 Å². The molecule has 0 radical (unpaired) electrons. The number of nitrogens with zero attached hydrogens (tertiary/aromatic N) is 5. The number of nitrogens with one attached hydrogen (secondary N) is 1. The highest BCUT2D eigenvalue weighted by Crippen LogP contribution is 2.23. The molecular formula is C15H18N6O3. The maximum atomic E-state index is 12.7. The summed E-state index contributed by atoms with van der Waals surface area (Å²) in [6.07, 6.45) is 4.01. The van der Waals surface area contributed by atoms with Crippen molar-refractivity contribution in [1.82, 2.24) is 19.7 Å². The molecule has 9 nitrogen and oxygen atoms in total. The Morgan fingerprint density at radius 1 is 1.38 bits per heavy atom. The third kappa shape index (κ3) is 3.05. The number of amides is 1. The lowest BCUT2D eigenvalue weighted by Gasteiger charge is -2.32. The van der Waals surface area contributed by atoms with E-state index in [0.717, 1.165) is 17.9 Å². The summed E-state index contributed by atoms with van der Waals surface area (Å²) in [5.41, 5.74) is 0.716. The lowest BCUT2D eigenvalue weighted by Crippen LogP contribution is -2.48. The first kappa shape index (κ1) is 15.9. The number of hydrogen-bond donors (Lipinski definition) is 2. The molecule has 3 heterocycles. The van der Waals surface area contributed by atoms with E-state index in [0.29, 0.717) is 18.8 Å². The predicted molar refractivity (Wildman–Crippen MR) is 85.9 cm³/mol. The van der Waals surface area contributed by atoms with Crippen LogP contribution < -0.4 is 10.2 Å². The molecule has 1 aliphatic heterocycles. The van der Waals surface area contributed by atoms with Crippen LogP contribution in [-0.2, 0) is 11.8 Å². The van der Waals surface area contributed by atoms with Crippen LogP contribution in [0.1, 0.15) is 29.0 Å². The molecule has 2 aromatic heterocycles. The number of aromatic carboxylic acids is 1. The second-order valence-corrected chi connectivity index (χ2v) is 5.69. The number of hydrogen-bond acceptors (Lipinski definition) is 6. The SMILES string of the molecule is Cc1cc(N2CCCC(Nc3cnc(C(=O)O)cn3)C2=O)n(C)n1. The largest absolute Gasteiger partial charge is 0.476 e. The van der Waals surface area contributed by atoms with Crippen LogP contribution in [0.15, 0.2) is 18.5 Å². The van der Waals surface area contributed by atoms with Gasteiger partial charge in [0.25, 0.3) is 5.91 Å². The third-order valence-corrected chi connectivity index (χ3v) is 3.89. The molecule has 1 aliphatic rings. The van der Waals surface area contributed by atoms with Gasteiger partial charge in [0.1, 0.15) is 17.7 Å². The van der Waals surface area contributed by atoms with Crippen molar-refractivity contribution in [3.63, 3.8) is 0 Å². The minimum absolute atomic E-state index is 0.0617. The molecule has 1 amide bonds. The summed E-state index contributed by atoms with van der Waals surface area (Å²) in [6, 6.07) is 1.45. The Morgan fingerprint density at radius 2 is 2.17 bits per heavy atom. The molecule has 3 rings (SSSR count). The van der Waals surface area contributed by atoms with Crippen LogP contribution in [-0.4, -0.2) is 49.3 Å². The van der Waals surface area contributed by atoms with E-state index < -0.39 is 12.0 Å². The number of anilines is 2. The van der Waals surface area contributed by atoms with Gasteiger partial charge in [-0.1, -0.05) is 0 Å². The van der Waals surface area contributed by atoms with Crippen LogP contribution >= 0.6 is 0 Å². The number of aromatic nitrogens is 4. The van der Waals surface area contributed by atoms with Gasteiger partial charge >= 0.3 is 5.97 Å². The topological polar surface area (TPSA) is 113 Å². The summed E-state index contributed by atoms with van der Waals surface area (Å²) in [5, 5.41) is 16.2. The molecule has 24 heavy (non-hydrogen) atoms. The number of carboxylic acids is 1. The molecule has 0 bridgehead atoms. The van der Waals surface area contributed by atoms with Crippen LogP contribution in [0, 0.1) is 6.92 Å². The van der Waals surface area contributed by atoms with Crippen molar-refractivity contribution in [3.05, 3.63) is 29.8 Å². The Bertz CT molecular complexity index is 770. The van der Waals surface area contributed by atoms with Crippen molar-refractivity contribution in [3.8, 4) is 0 Å². The van der Waals surface area contributed by atoms with Crippen LogP contribution in [0.2, 0.25) is 0 Å². The standard InChI is InChI=1S/C15H18N6O3/c1-9-6-13(20(2)19-9)21-5-3-4-10(14(21)22)18-12-8-16-11(7-17-12)15(23)24/h6-8,10H,3-5H2,1-2H3,(H,17,18)(H,23,24). The molecule has 1 atom stereocenters. The molecule has 1 unspecified atom stereocenters. The van der Waals surface area contributed by atoms with Gasteiger partial charge in [0.15, 0.2) is 5.69 Å². The van der Waals surface area contributed by atoms with Gasteiger partial charge < -0.3 is 10.4 Å². The van der Waals surface area contributed by atoms with Crippen LogP contribution in [0.5, 0.6) is 0 Å². The first-order valence-electron chi connectivity index (χ1n) is 7.59. The van der Waals surface area contributed by atoms with Gasteiger partial charge in [-0.25, -0.2) is 14.8 Å². The highest BCUT2D eigenvalue weighted by Gasteiger charge is 2.31. The van der Waals surface area contributed by atoms with Crippen molar-refractivity contribution < 1.29 is 14.7 Å². The average molecular weight is 330 g/mol. The van der Waals surface area contributed by atoms with E-state index in [2.05, 4.69) is 20.4 Å². The Balaban J connectivity index is 1.75. The molecule has 9 heteroatoms. The third-order valence-electron chi connectivity index (χ3n) is 3.89. The van der Waals surface area contributed by atoms with Crippen molar-refractivity contribution in [2.24, 2.45) is 7.05 Å². The van der Waals surface area contributed by atoms with Crippen molar-refractivity contribution in [2.45, 2.75) is 25.8 Å². The van der Waals surface area contributed by atoms with Crippen LogP contribution in [0.4, 0.5) is 11.6 Å². The van der Waals surface area contributed by atoms with E-state index in [-0.39, 0.29) is 11.6 Å². The maximum Gasteiger partial charge on any atom is 0.356 e. The zero-order valence-corrected chi connectivity index (χ0v) is 13.4. The van der Waals surface area contributed by atoms with E-state index in [4.69, 9.17) is 5.11 Å². The minimum Gasteiger partial charge on any atom is -0.476 e. The number of carbonyl (C=O) groups is 2. The van der Waals surface area contributed by atoms with Gasteiger partial charge in [-0.05, 0) is 19.8 Å². The Hall–Kier alpha value is -2.97. The summed E-state index contributed by atoms with van der Waals surface area (Å²) in [6.45, 7) is 2.52. The Morgan fingerprint density at radius 3 is 2.75 bits per heavy atom. The fraction of sp³-hybridized carbons (Fsp3) is 0.400. The normalized spacial score (nSPS) is 17.8. The van der Waals surface area contributed by atoms with Gasteiger partial charge in [0.05, 0.1) is 18.1 Å². The molecule has 2 aromatic rings. The van der Waals surface area contributed by atoms with E-state index >= 15 is 0 Å². The lowest BCUT2D eigenvalue weighted by atomic mass is 10.0. The van der Waals surface area contributed by atoms with Crippen molar-refractivity contribution in [1.29, 1.82) is 0 Å². The molecule has 0 saturated carbocycles. The summed E-state index contributed by atoms with van der Waals surface area (Å²) in [7, 11) is 1.81. The smallest absolute Gasteiger partial charge is 0.356 e.